The van der Waals surface area contributed by atoms with Crippen LogP contribution in [0.2, 0.25) is 0 Å². The average Bonchev–Trinajstić information content (AvgIpc) is 3.62. The van der Waals surface area contributed by atoms with E-state index in [4.69, 9.17) is 18.1 Å². The largest absolute Gasteiger partial charge is 0.467 e. The molecule has 1 aromatic carbocycles. The SMILES string of the molecule is O=C(c1ccco1)N(Cc1ccco1)Cc1c(-c2ccc(F)cc2)noc1N1CCOCC1. The highest BCUT2D eigenvalue weighted by atomic mass is 19.1. The van der Waals surface area contributed by atoms with Crippen LogP contribution in [0.15, 0.2) is 74.4 Å². The van der Waals surface area contributed by atoms with Crippen LogP contribution in [0.3, 0.4) is 0 Å². The van der Waals surface area contributed by atoms with Gasteiger partial charge in [0.1, 0.15) is 17.3 Å². The summed E-state index contributed by atoms with van der Waals surface area (Å²) >= 11 is 0. The van der Waals surface area contributed by atoms with Crippen LogP contribution in [0.1, 0.15) is 21.9 Å². The molecule has 0 unspecified atom stereocenters. The molecule has 4 aromatic rings. The van der Waals surface area contributed by atoms with Crippen molar-refractivity contribution in [1.29, 1.82) is 0 Å². The van der Waals surface area contributed by atoms with Crippen molar-refractivity contribution in [1.82, 2.24) is 10.1 Å². The zero-order valence-corrected chi connectivity index (χ0v) is 17.8. The fourth-order valence-electron chi connectivity index (χ4n) is 3.83. The molecule has 0 N–H and O–H groups in total. The van der Waals surface area contributed by atoms with Crippen molar-refractivity contribution in [2.24, 2.45) is 0 Å². The lowest BCUT2D eigenvalue weighted by molar-refractivity contribution is 0.0685. The molecule has 4 heterocycles. The Morgan fingerprint density at radius 1 is 1.00 bits per heavy atom. The summed E-state index contributed by atoms with van der Waals surface area (Å²) < 4.78 is 35.6. The number of nitrogens with zero attached hydrogens (tertiary/aromatic N) is 3. The number of aromatic nitrogens is 1. The number of hydrogen-bond donors (Lipinski definition) is 0. The highest BCUT2D eigenvalue weighted by Gasteiger charge is 2.29. The molecular formula is C24H22FN3O5. The first-order valence-corrected chi connectivity index (χ1v) is 10.6. The van der Waals surface area contributed by atoms with Crippen molar-refractivity contribution in [3.63, 3.8) is 0 Å². The third-order valence-corrected chi connectivity index (χ3v) is 5.48. The van der Waals surface area contributed by atoms with Gasteiger partial charge >= 0.3 is 0 Å². The maximum atomic E-state index is 13.5. The standard InChI is InChI=1S/C24H22FN3O5/c25-18-7-5-17(6-8-18)22-20(24(33-26-22)27-9-13-30-14-10-27)16-28(15-19-3-1-11-31-19)23(29)21-4-2-12-32-21/h1-8,11-12H,9-10,13-16H2. The monoisotopic (exact) mass is 451 g/mol. The molecule has 1 aliphatic heterocycles. The summed E-state index contributed by atoms with van der Waals surface area (Å²) in [7, 11) is 0. The van der Waals surface area contributed by atoms with Crippen molar-refractivity contribution in [3.8, 4) is 11.3 Å². The van der Waals surface area contributed by atoms with E-state index >= 15 is 0 Å². The Labute approximate surface area is 189 Å². The van der Waals surface area contributed by atoms with Crippen LogP contribution in [0.25, 0.3) is 11.3 Å². The van der Waals surface area contributed by atoms with Crippen molar-refractivity contribution in [2.75, 3.05) is 31.2 Å². The van der Waals surface area contributed by atoms with E-state index in [1.54, 1.807) is 47.6 Å². The van der Waals surface area contributed by atoms with Gasteiger partial charge in [0.25, 0.3) is 5.91 Å². The molecule has 1 amide bonds. The second-order valence-corrected chi connectivity index (χ2v) is 7.64. The van der Waals surface area contributed by atoms with Crippen LogP contribution in [-0.4, -0.2) is 42.3 Å². The second-order valence-electron chi connectivity index (χ2n) is 7.64. The van der Waals surface area contributed by atoms with Crippen molar-refractivity contribution < 1.29 is 27.3 Å². The molecule has 33 heavy (non-hydrogen) atoms. The number of hydrogen-bond acceptors (Lipinski definition) is 7. The molecule has 9 heteroatoms. The lowest BCUT2D eigenvalue weighted by Crippen LogP contribution is -2.37. The van der Waals surface area contributed by atoms with E-state index in [0.717, 1.165) is 5.56 Å². The van der Waals surface area contributed by atoms with Crippen LogP contribution in [0.4, 0.5) is 10.3 Å². The van der Waals surface area contributed by atoms with Crippen LogP contribution in [0.5, 0.6) is 0 Å². The quantitative estimate of drug-likeness (QED) is 0.413. The van der Waals surface area contributed by atoms with Gasteiger partial charge in [0.2, 0.25) is 5.88 Å². The number of furan rings is 2. The Balaban J connectivity index is 1.54. The summed E-state index contributed by atoms with van der Waals surface area (Å²) in [4.78, 5) is 17.0. The van der Waals surface area contributed by atoms with Gasteiger partial charge in [0.05, 0.1) is 44.4 Å². The van der Waals surface area contributed by atoms with Gasteiger partial charge in [-0.3, -0.25) is 4.79 Å². The number of ether oxygens (including phenoxy) is 1. The molecule has 3 aromatic heterocycles. The minimum absolute atomic E-state index is 0.184. The third-order valence-electron chi connectivity index (χ3n) is 5.48. The van der Waals surface area contributed by atoms with E-state index in [1.165, 1.54) is 18.4 Å². The Bertz CT molecular complexity index is 1180. The summed E-state index contributed by atoms with van der Waals surface area (Å²) in [6.07, 6.45) is 3.02. The minimum Gasteiger partial charge on any atom is -0.467 e. The molecule has 0 radical (unpaired) electrons. The normalized spacial score (nSPS) is 13.9. The van der Waals surface area contributed by atoms with E-state index in [1.807, 2.05) is 4.90 Å². The summed E-state index contributed by atoms with van der Waals surface area (Å²) in [6, 6.07) is 12.9. The van der Waals surface area contributed by atoms with Crippen molar-refractivity contribution in [3.05, 3.63) is 84.0 Å². The van der Waals surface area contributed by atoms with Crippen LogP contribution in [0, 0.1) is 5.82 Å². The second kappa shape index (κ2) is 9.33. The van der Waals surface area contributed by atoms with Crippen LogP contribution in [-0.2, 0) is 17.8 Å². The van der Waals surface area contributed by atoms with Crippen molar-refractivity contribution >= 4 is 11.8 Å². The highest BCUT2D eigenvalue weighted by Crippen LogP contribution is 2.34. The maximum Gasteiger partial charge on any atom is 0.290 e. The Morgan fingerprint density at radius 2 is 1.76 bits per heavy atom. The fourth-order valence-corrected chi connectivity index (χ4v) is 3.83. The minimum atomic E-state index is -0.343. The first-order valence-electron chi connectivity index (χ1n) is 10.6. The lowest BCUT2D eigenvalue weighted by Gasteiger charge is -2.28. The van der Waals surface area contributed by atoms with Gasteiger partial charge < -0.3 is 27.9 Å². The van der Waals surface area contributed by atoms with Gasteiger partial charge in [0, 0.05) is 18.7 Å². The van der Waals surface area contributed by atoms with Gasteiger partial charge in [-0.25, -0.2) is 4.39 Å². The summed E-state index contributed by atoms with van der Waals surface area (Å²) in [5, 5.41) is 4.30. The van der Waals surface area contributed by atoms with Gasteiger partial charge in [-0.05, 0) is 48.5 Å². The summed E-state index contributed by atoms with van der Waals surface area (Å²) in [6.45, 7) is 2.80. The molecule has 1 saturated heterocycles. The highest BCUT2D eigenvalue weighted by molar-refractivity contribution is 5.91. The van der Waals surface area contributed by atoms with E-state index in [-0.39, 0.29) is 30.6 Å². The first kappa shape index (κ1) is 21.0. The Morgan fingerprint density at radius 3 is 2.45 bits per heavy atom. The van der Waals surface area contributed by atoms with Crippen LogP contribution >= 0.6 is 0 Å². The molecule has 170 valence electrons. The predicted molar refractivity (Wildman–Crippen MR) is 116 cm³/mol. The zero-order valence-electron chi connectivity index (χ0n) is 17.8. The molecule has 0 atom stereocenters. The molecule has 0 bridgehead atoms. The number of anilines is 1. The molecule has 1 fully saturated rings. The Kier molecular flexibility index (Phi) is 5.95. The van der Waals surface area contributed by atoms with Crippen molar-refractivity contribution in [2.45, 2.75) is 13.1 Å². The number of halogens is 1. The van der Waals surface area contributed by atoms with E-state index in [2.05, 4.69) is 5.16 Å². The van der Waals surface area contributed by atoms with Gasteiger partial charge in [-0.15, -0.1) is 0 Å². The van der Waals surface area contributed by atoms with E-state index in [0.29, 0.717) is 49.2 Å². The molecule has 0 saturated carbocycles. The fraction of sp³-hybridized carbons (Fsp3) is 0.250. The predicted octanol–water partition coefficient (Wildman–Crippen LogP) is 4.35. The summed E-state index contributed by atoms with van der Waals surface area (Å²) in [5.74, 6) is 0.770. The number of carbonyl (C=O) groups excluding carboxylic acids is 1. The van der Waals surface area contributed by atoms with Crippen LogP contribution < -0.4 is 4.90 Å². The average molecular weight is 451 g/mol. The number of benzene rings is 1. The Hall–Kier alpha value is -3.85. The number of rotatable bonds is 7. The molecule has 1 aliphatic rings. The van der Waals surface area contributed by atoms with Gasteiger partial charge in [0.15, 0.2) is 5.76 Å². The van der Waals surface area contributed by atoms with Gasteiger partial charge in [-0.1, -0.05) is 5.16 Å². The topological polar surface area (TPSA) is 85.1 Å². The maximum absolute atomic E-state index is 13.5. The number of morpholine rings is 1. The first-order chi connectivity index (χ1) is 16.2. The molecule has 0 aliphatic carbocycles. The molecule has 5 rings (SSSR count). The van der Waals surface area contributed by atoms with Gasteiger partial charge in [-0.2, -0.15) is 0 Å². The van der Waals surface area contributed by atoms with E-state index < -0.39 is 0 Å². The molecule has 8 nitrogen and oxygen atoms in total. The zero-order chi connectivity index (χ0) is 22.6. The summed E-state index contributed by atoms with van der Waals surface area (Å²) in [5.41, 5.74) is 1.96. The van der Waals surface area contributed by atoms with E-state index in [9.17, 15) is 9.18 Å². The molecule has 0 spiro atoms. The number of carbonyl (C=O) groups is 1. The molecular weight excluding hydrogens is 429 g/mol. The lowest BCUT2D eigenvalue weighted by atomic mass is 10.1. The third kappa shape index (κ3) is 4.54. The number of amides is 1. The smallest absolute Gasteiger partial charge is 0.290 e.